The summed E-state index contributed by atoms with van der Waals surface area (Å²) in [7, 11) is 0. The van der Waals surface area contributed by atoms with Crippen molar-refractivity contribution >= 4 is 11.9 Å². The lowest BCUT2D eigenvalue weighted by Crippen LogP contribution is -2.34. The normalized spacial score (nSPS) is 17.5. The van der Waals surface area contributed by atoms with Crippen molar-refractivity contribution in [3.63, 3.8) is 0 Å². The Morgan fingerprint density at radius 3 is 2.20 bits per heavy atom. The zero-order chi connectivity index (χ0) is 11.8. The number of aliphatic carboxylic acids is 1. The molecule has 15 heavy (non-hydrogen) atoms. The molecule has 5 heteroatoms. The summed E-state index contributed by atoms with van der Waals surface area (Å²) >= 11 is 0. The van der Waals surface area contributed by atoms with Crippen molar-refractivity contribution in [1.82, 2.24) is 5.32 Å². The topological polar surface area (TPSA) is 92.4 Å². The highest BCUT2D eigenvalue weighted by atomic mass is 16.4. The third-order valence-corrected chi connectivity index (χ3v) is 2.16. The van der Waals surface area contributed by atoms with Gasteiger partial charge in [0.1, 0.15) is 6.04 Å². The van der Waals surface area contributed by atoms with Gasteiger partial charge in [0.2, 0.25) is 5.91 Å². The number of rotatable bonds is 2. The van der Waals surface area contributed by atoms with E-state index in [1.165, 1.54) is 0 Å². The molecule has 1 aliphatic rings. The van der Waals surface area contributed by atoms with Crippen molar-refractivity contribution in [3.05, 3.63) is 0 Å². The molecule has 0 bridgehead atoms. The lowest BCUT2D eigenvalue weighted by atomic mass is 10.1. The van der Waals surface area contributed by atoms with E-state index in [4.69, 9.17) is 10.8 Å². The number of carbonyl (C=O) groups is 2. The molecule has 0 aliphatic carbocycles. The molecule has 0 spiro atoms. The minimum atomic E-state index is -0.931. The first-order chi connectivity index (χ1) is 6.95. The molecule has 0 aromatic rings. The predicted octanol–water partition coefficient (Wildman–Crippen LogP) is 0.341. The minimum absolute atomic E-state index is 0.0208. The highest BCUT2D eigenvalue weighted by Crippen LogP contribution is 1.98. The number of nitrogens with two attached hydrogens (primary N) is 1. The molecule has 0 aromatic carbocycles. The van der Waals surface area contributed by atoms with Gasteiger partial charge in [-0.05, 0) is 18.8 Å². The maximum atomic E-state index is 10.4. The van der Waals surface area contributed by atoms with E-state index in [0.717, 1.165) is 25.8 Å². The molecule has 88 valence electrons. The van der Waals surface area contributed by atoms with E-state index in [1.807, 2.05) is 0 Å². The number of carboxylic acid groups (broad SMARTS) is 1. The van der Waals surface area contributed by atoms with Crippen LogP contribution in [0, 0.1) is 5.92 Å². The number of piperidine rings is 1. The molecule has 1 heterocycles. The Hall–Kier alpha value is -1.10. The zero-order valence-electron chi connectivity index (χ0n) is 9.32. The van der Waals surface area contributed by atoms with Crippen LogP contribution >= 0.6 is 0 Å². The standard InChI is InChI=1S/C5H11NO2.C5H9NO/c1-3(2)4(6)5(7)8;7-5-3-1-2-4-6-5/h3-4H,6H2,1-2H3,(H,7,8);1-4H2,(H,6,7)/t4-;/m0./s1. The van der Waals surface area contributed by atoms with Gasteiger partial charge in [-0.25, -0.2) is 0 Å². The molecule has 4 N–H and O–H groups in total. The number of carbonyl (C=O) groups excluding carboxylic acids is 1. The Balaban J connectivity index is 0.000000262. The van der Waals surface area contributed by atoms with E-state index in [9.17, 15) is 9.59 Å². The Bertz CT molecular complexity index is 209. The number of nitrogens with one attached hydrogen (secondary N) is 1. The average Bonchev–Trinajstić information content (AvgIpc) is 2.18. The first-order valence-corrected chi connectivity index (χ1v) is 5.20. The van der Waals surface area contributed by atoms with Gasteiger partial charge in [0.25, 0.3) is 0 Å². The van der Waals surface area contributed by atoms with Crippen LogP contribution in [0.1, 0.15) is 33.1 Å². The molecule has 1 aliphatic heterocycles. The van der Waals surface area contributed by atoms with Gasteiger partial charge in [-0.3, -0.25) is 9.59 Å². The van der Waals surface area contributed by atoms with Crippen molar-refractivity contribution in [2.24, 2.45) is 11.7 Å². The number of amides is 1. The third kappa shape index (κ3) is 6.90. The molecule has 1 amide bonds. The predicted molar refractivity (Wildman–Crippen MR) is 57.3 cm³/mol. The van der Waals surface area contributed by atoms with Gasteiger partial charge in [0.05, 0.1) is 0 Å². The summed E-state index contributed by atoms with van der Waals surface area (Å²) in [5, 5.41) is 11.0. The minimum Gasteiger partial charge on any atom is -0.480 e. The van der Waals surface area contributed by atoms with Gasteiger partial charge in [0.15, 0.2) is 0 Å². The summed E-state index contributed by atoms with van der Waals surface area (Å²) in [6.07, 6.45) is 2.97. The molecule has 1 saturated heterocycles. The molecule has 1 fully saturated rings. The molecule has 5 nitrogen and oxygen atoms in total. The Morgan fingerprint density at radius 1 is 1.47 bits per heavy atom. The Kier molecular flexibility index (Phi) is 6.70. The molecule has 0 aromatic heterocycles. The fourth-order valence-electron chi connectivity index (χ4n) is 1.01. The SMILES string of the molecule is CC(C)[C@H](N)C(=O)O.O=C1CCCCN1. The molecule has 0 radical (unpaired) electrons. The van der Waals surface area contributed by atoms with Gasteiger partial charge < -0.3 is 16.2 Å². The van der Waals surface area contributed by atoms with Crippen molar-refractivity contribution in [1.29, 1.82) is 0 Å². The van der Waals surface area contributed by atoms with Crippen molar-refractivity contribution in [2.75, 3.05) is 6.54 Å². The summed E-state index contributed by atoms with van der Waals surface area (Å²) in [5.74, 6) is -0.696. The van der Waals surface area contributed by atoms with Gasteiger partial charge in [-0.15, -0.1) is 0 Å². The molecular formula is C10H20N2O3. The van der Waals surface area contributed by atoms with E-state index < -0.39 is 12.0 Å². The highest BCUT2D eigenvalue weighted by molar-refractivity contribution is 5.76. The quantitative estimate of drug-likeness (QED) is 0.620. The summed E-state index contributed by atoms with van der Waals surface area (Å²) in [5.41, 5.74) is 5.16. The van der Waals surface area contributed by atoms with E-state index in [1.54, 1.807) is 13.8 Å². The zero-order valence-corrected chi connectivity index (χ0v) is 9.32. The van der Waals surface area contributed by atoms with E-state index in [0.29, 0.717) is 0 Å². The first kappa shape index (κ1) is 13.9. The molecule has 1 rings (SSSR count). The second kappa shape index (κ2) is 7.23. The molecule has 0 unspecified atom stereocenters. The Labute approximate surface area is 90.0 Å². The highest BCUT2D eigenvalue weighted by Gasteiger charge is 2.14. The lowest BCUT2D eigenvalue weighted by molar-refractivity contribution is -0.139. The molecular weight excluding hydrogens is 196 g/mol. The van der Waals surface area contributed by atoms with Gasteiger partial charge >= 0.3 is 5.97 Å². The average molecular weight is 216 g/mol. The molecule has 0 saturated carbocycles. The van der Waals surface area contributed by atoms with Crippen molar-refractivity contribution in [3.8, 4) is 0 Å². The van der Waals surface area contributed by atoms with Crippen LogP contribution in [0.3, 0.4) is 0 Å². The van der Waals surface area contributed by atoms with Crippen LogP contribution in [-0.4, -0.2) is 29.6 Å². The van der Waals surface area contributed by atoms with Crippen LogP contribution in [0.25, 0.3) is 0 Å². The van der Waals surface area contributed by atoms with Gasteiger partial charge in [-0.1, -0.05) is 13.8 Å². The van der Waals surface area contributed by atoms with Crippen LogP contribution in [0.5, 0.6) is 0 Å². The van der Waals surface area contributed by atoms with Crippen molar-refractivity contribution < 1.29 is 14.7 Å². The monoisotopic (exact) mass is 216 g/mol. The van der Waals surface area contributed by atoms with E-state index in [-0.39, 0.29) is 11.8 Å². The van der Waals surface area contributed by atoms with Crippen molar-refractivity contribution in [2.45, 2.75) is 39.2 Å². The van der Waals surface area contributed by atoms with Gasteiger partial charge in [0, 0.05) is 13.0 Å². The first-order valence-electron chi connectivity index (χ1n) is 5.20. The lowest BCUT2D eigenvalue weighted by Gasteiger charge is -2.08. The number of hydrogen-bond acceptors (Lipinski definition) is 3. The number of carboxylic acids is 1. The van der Waals surface area contributed by atoms with Crippen LogP contribution in [0.2, 0.25) is 0 Å². The Morgan fingerprint density at radius 2 is 2.07 bits per heavy atom. The summed E-state index contributed by atoms with van der Waals surface area (Å²) in [4.78, 5) is 20.4. The fraction of sp³-hybridized carbons (Fsp3) is 0.800. The van der Waals surface area contributed by atoms with Crippen LogP contribution in [0.4, 0.5) is 0 Å². The maximum Gasteiger partial charge on any atom is 0.320 e. The van der Waals surface area contributed by atoms with Crippen LogP contribution < -0.4 is 11.1 Å². The number of hydrogen-bond donors (Lipinski definition) is 3. The summed E-state index contributed by atoms with van der Waals surface area (Å²) < 4.78 is 0. The van der Waals surface area contributed by atoms with E-state index in [2.05, 4.69) is 5.32 Å². The summed E-state index contributed by atoms with van der Waals surface area (Å²) in [6, 6.07) is -0.713. The fourth-order valence-corrected chi connectivity index (χ4v) is 1.01. The van der Waals surface area contributed by atoms with Gasteiger partial charge in [-0.2, -0.15) is 0 Å². The third-order valence-electron chi connectivity index (χ3n) is 2.16. The second-order valence-corrected chi connectivity index (χ2v) is 3.92. The largest absolute Gasteiger partial charge is 0.480 e. The second-order valence-electron chi connectivity index (χ2n) is 3.92. The van der Waals surface area contributed by atoms with Crippen LogP contribution in [0.15, 0.2) is 0 Å². The smallest absolute Gasteiger partial charge is 0.320 e. The molecule has 1 atom stereocenters. The van der Waals surface area contributed by atoms with E-state index >= 15 is 0 Å². The maximum absolute atomic E-state index is 10.4. The van der Waals surface area contributed by atoms with Crippen LogP contribution in [-0.2, 0) is 9.59 Å². The summed E-state index contributed by atoms with van der Waals surface area (Å²) in [6.45, 7) is 4.44.